The monoisotopic (exact) mass is 232 g/mol. The van der Waals surface area contributed by atoms with Crippen LogP contribution in [0.1, 0.15) is 47.7 Å². The number of carbonyl (C=O) groups is 1. The van der Waals surface area contributed by atoms with Crippen molar-refractivity contribution in [3.63, 3.8) is 0 Å². The Balaban J connectivity index is 0.000000514. The summed E-state index contributed by atoms with van der Waals surface area (Å²) in [7, 11) is 2.04. The third kappa shape index (κ3) is 2.06. The van der Waals surface area contributed by atoms with Crippen LogP contribution in [-0.4, -0.2) is 18.8 Å². The molecule has 2 aliphatic rings. The summed E-state index contributed by atoms with van der Waals surface area (Å²) in [6.07, 6.45) is 6.37. The Hall–Kier alpha value is -1.38. The number of hydrogen-bond acceptors (Lipinski definition) is 3. The maximum Gasteiger partial charge on any atom is 0.106 e. The smallest absolute Gasteiger partial charge is 0.106 e. The van der Waals surface area contributed by atoms with Crippen LogP contribution in [0.3, 0.4) is 0 Å². The lowest BCUT2D eigenvalue weighted by Gasteiger charge is -2.15. The third-order valence-corrected chi connectivity index (χ3v) is 3.72. The van der Waals surface area contributed by atoms with Crippen LogP contribution < -0.4 is 5.32 Å². The highest BCUT2D eigenvalue weighted by molar-refractivity contribution is 5.62. The van der Waals surface area contributed by atoms with Gasteiger partial charge in [-0.2, -0.15) is 0 Å². The van der Waals surface area contributed by atoms with Gasteiger partial charge in [0.2, 0.25) is 0 Å². The van der Waals surface area contributed by atoms with Crippen LogP contribution in [0.5, 0.6) is 0 Å². The minimum atomic E-state index is 0.767. The number of nitrogens with zero attached hydrogens (tertiary/aromatic N) is 1. The van der Waals surface area contributed by atoms with Crippen LogP contribution in [-0.2, 0) is 17.6 Å². The molecule has 92 valence electrons. The topological polar surface area (TPSA) is 42.0 Å². The van der Waals surface area contributed by atoms with Gasteiger partial charge in [-0.05, 0) is 50.2 Å². The predicted octanol–water partition coefficient (Wildman–Crippen LogP) is 2.61. The van der Waals surface area contributed by atoms with Gasteiger partial charge in [0.05, 0.1) is 0 Å². The molecule has 3 rings (SSSR count). The zero-order chi connectivity index (χ0) is 12.4. The number of anilines is 1. The second-order valence-electron chi connectivity index (χ2n) is 4.80. The van der Waals surface area contributed by atoms with Crippen LogP contribution in [0.15, 0.2) is 0 Å². The highest BCUT2D eigenvalue weighted by atomic mass is 16.1. The number of pyridine rings is 1. The lowest BCUT2D eigenvalue weighted by molar-refractivity contribution is -0.0979. The zero-order valence-electron chi connectivity index (χ0n) is 10.7. The average Bonchev–Trinajstić information content (AvgIpc) is 3.10. The molecule has 1 heterocycles. The first kappa shape index (κ1) is 12.1. The Kier molecular flexibility index (Phi) is 3.46. The second-order valence-corrected chi connectivity index (χ2v) is 4.80. The number of nitrogens with one attached hydrogen (secondary N) is 1. The fraction of sp³-hybridized carbons (Fsp3) is 0.571. The van der Waals surface area contributed by atoms with Crippen LogP contribution in [0.25, 0.3) is 0 Å². The van der Waals surface area contributed by atoms with Gasteiger partial charge >= 0.3 is 0 Å². The van der Waals surface area contributed by atoms with Gasteiger partial charge in [-0.15, -0.1) is 0 Å². The predicted molar refractivity (Wildman–Crippen MR) is 69.6 cm³/mol. The van der Waals surface area contributed by atoms with Gasteiger partial charge in [-0.25, -0.2) is 0 Å². The van der Waals surface area contributed by atoms with E-state index in [0.29, 0.717) is 0 Å². The van der Waals surface area contributed by atoms with Gasteiger partial charge in [-0.1, -0.05) is 0 Å². The maximum atomic E-state index is 8.00. The number of aromatic nitrogens is 1. The highest BCUT2D eigenvalue weighted by Gasteiger charge is 2.30. The molecule has 0 aromatic carbocycles. The molecule has 0 bridgehead atoms. The van der Waals surface area contributed by atoms with E-state index in [4.69, 9.17) is 9.78 Å². The van der Waals surface area contributed by atoms with Crippen molar-refractivity contribution in [2.24, 2.45) is 0 Å². The molecule has 2 aliphatic carbocycles. The first-order valence-corrected chi connectivity index (χ1v) is 6.30. The lowest BCUT2D eigenvalue weighted by Crippen LogP contribution is -2.05. The molecular formula is C14H20N2O. The molecule has 1 N–H and O–H groups in total. The molecule has 0 unspecified atom stereocenters. The van der Waals surface area contributed by atoms with Crippen molar-refractivity contribution in [1.82, 2.24) is 4.98 Å². The van der Waals surface area contributed by atoms with E-state index in [9.17, 15) is 0 Å². The Morgan fingerprint density at radius 3 is 2.59 bits per heavy atom. The van der Waals surface area contributed by atoms with Crippen molar-refractivity contribution < 1.29 is 4.79 Å². The van der Waals surface area contributed by atoms with Crippen LogP contribution in [0.2, 0.25) is 0 Å². The largest absolute Gasteiger partial charge is 0.388 e. The molecule has 1 saturated carbocycles. The Morgan fingerprint density at radius 2 is 2.00 bits per heavy atom. The molecule has 17 heavy (non-hydrogen) atoms. The molecule has 0 aliphatic heterocycles. The summed E-state index contributed by atoms with van der Waals surface area (Å²) >= 11 is 0. The van der Waals surface area contributed by atoms with Crippen molar-refractivity contribution >= 4 is 12.5 Å². The molecule has 0 atom stereocenters. The van der Waals surface area contributed by atoms with Gasteiger partial charge in [0.15, 0.2) is 0 Å². The lowest BCUT2D eigenvalue weighted by atomic mass is 10.0. The van der Waals surface area contributed by atoms with Crippen molar-refractivity contribution in [2.75, 3.05) is 12.4 Å². The van der Waals surface area contributed by atoms with E-state index in [1.54, 1.807) is 0 Å². The molecule has 3 nitrogen and oxygen atoms in total. The Labute approximate surface area is 103 Å². The van der Waals surface area contributed by atoms with E-state index in [1.807, 2.05) is 13.8 Å². The molecule has 0 spiro atoms. The van der Waals surface area contributed by atoms with Crippen molar-refractivity contribution in [3.8, 4) is 0 Å². The fourth-order valence-corrected chi connectivity index (χ4v) is 2.80. The number of carbonyl (C=O) groups excluding carboxylic acids is 1. The van der Waals surface area contributed by atoms with Gasteiger partial charge in [0, 0.05) is 30.0 Å². The van der Waals surface area contributed by atoms with Crippen LogP contribution in [0, 0.1) is 6.92 Å². The summed E-state index contributed by atoms with van der Waals surface area (Å²) < 4.78 is 0. The Bertz CT molecular complexity index is 425. The zero-order valence-corrected chi connectivity index (χ0v) is 10.7. The first-order chi connectivity index (χ1) is 8.31. The second kappa shape index (κ2) is 4.86. The molecule has 0 saturated heterocycles. The van der Waals surface area contributed by atoms with Crippen molar-refractivity contribution in [2.45, 2.75) is 44.9 Å². The summed E-state index contributed by atoms with van der Waals surface area (Å²) in [6.45, 7) is 4.23. The summed E-state index contributed by atoms with van der Waals surface area (Å²) in [4.78, 5) is 12.9. The molecule has 1 fully saturated rings. The molecule has 0 amide bonds. The van der Waals surface area contributed by atoms with E-state index >= 15 is 0 Å². The van der Waals surface area contributed by atoms with Crippen molar-refractivity contribution in [3.05, 3.63) is 22.5 Å². The highest BCUT2D eigenvalue weighted by Crippen LogP contribution is 2.44. The van der Waals surface area contributed by atoms with Crippen LogP contribution in [0.4, 0.5) is 5.69 Å². The summed E-state index contributed by atoms with van der Waals surface area (Å²) in [5.41, 5.74) is 7.01. The van der Waals surface area contributed by atoms with Gasteiger partial charge < -0.3 is 10.1 Å². The standard InChI is InChI=1S/C13H18N2.CH2O/c1-8-12(9-6-7-9)15-11-5-3-4-10(11)13(8)14-2;1-2/h9H,3-7H2,1-2H3,(H,14,15);1H2. The molecular weight excluding hydrogens is 212 g/mol. The first-order valence-electron chi connectivity index (χ1n) is 6.30. The quantitative estimate of drug-likeness (QED) is 0.852. The number of rotatable bonds is 2. The summed E-state index contributed by atoms with van der Waals surface area (Å²) in [6, 6.07) is 0. The summed E-state index contributed by atoms with van der Waals surface area (Å²) in [5, 5.41) is 3.38. The maximum absolute atomic E-state index is 8.00. The summed E-state index contributed by atoms with van der Waals surface area (Å²) in [5.74, 6) is 0.767. The molecule has 1 aromatic rings. The number of aryl methyl sites for hydroxylation is 1. The van der Waals surface area contributed by atoms with E-state index in [0.717, 1.165) is 5.92 Å². The molecule has 0 radical (unpaired) electrons. The molecule has 1 aromatic heterocycles. The normalized spacial score (nSPS) is 17.1. The van der Waals surface area contributed by atoms with E-state index in [2.05, 4.69) is 12.2 Å². The van der Waals surface area contributed by atoms with E-state index in [1.165, 1.54) is 60.3 Å². The van der Waals surface area contributed by atoms with Crippen molar-refractivity contribution in [1.29, 1.82) is 0 Å². The van der Waals surface area contributed by atoms with Gasteiger partial charge in [0.1, 0.15) is 6.79 Å². The molecule has 3 heteroatoms. The van der Waals surface area contributed by atoms with Crippen LogP contribution >= 0.6 is 0 Å². The SMILES string of the molecule is C=O.CNc1c(C)c(C2CC2)nc2c1CCC2. The number of hydrogen-bond donors (Lipinski definition) is 1. The Morgan fingerprint density at radius 1 is 1.29 bits per heavy atom. The minimum Gasteiger partial charge on any atom is -0.388 e. The fourth-order valence-electron chi connectivity index (χ4n) is 2.80. The van der Waals surface area contributed by atoms with Gasteiger partial charge in [-0.3, -0.25) is 4.98 Å². The third-order valence-electron chi connectivity index (χ3n) is 3.72. The van der Waals surface area contributed by atoms with E-state index in [-0.39, 0.29) is 0 Å². The number of fused-ring (bicyclic) bond motifs is 1. The van der Waals surface area contributed by atoms with E-state index < -0.39 is 0 Å². The minimum absolute atomic E-state index is 0.767. The average molecular weight is 232 g/mol. The van der Waals surface area contributed by atoms with Gasteiger partial charge in [0.25, 0.3) is 0 Å².